The number of phenolic OH excluding ortho intramolecular Hbond substituents is 1. The number of carbonyl (C=O) groups excluding carboxylic acids is 5. The van der Waals surface area contributed by atoms with Gasteiger partial charge in [-0.1, -0.05) is 121 Å². The summed E-state index contributed by atoms with van der Waals surface area (Å²) in [5, 5.41) is 27.7. The molecule has 0 bridgehead atoms. The standard InChI is InChI=1S/C57H62N6O10S/c1-34(71-57(37-17-7-4-8-18-37,38-19-9-5-10-20-38)39-21-11-6-12-22-39)46-53(68)63-47-48(70-55-49(47)72-56(2,3)73-55)54(69)61-43(31-35-26-28-40(64)29-27-35)51(66)60-44(32-36-33-74-45-25-14-13-23-41(36)45)52(67)59-42(50(65)62-46)24-15-16-30-58/h4-14,17-23,25-29,33-34,42-44,46-49,55,64H,15-16,24,30-32,58H2,1-3H3,(H,59,67)(H,60,66)(H,61,69)(H,62,65)(H,63,68)/t34-,42+,43+,44-,46+,47-,48+,49-,55-/m1/s1. The van der Waals surface area contributed by atoms with Crippen molar-refractivity contribution in [2.75, 3.05) is 6.54 Å². The van der Waals surface area contributed by atoms with E-state index >= 15 is 9.59 Å². The van der Waals surface area contributed by atoms with Gasteiger partial charge in [-0.3, -0.25) is 24.0 Å². The second kappa shape index (κ2) is 22.6. The van der Waals surface area contributed by atoms with Crippen LogP contribution in [0.1, 0.15) is 67.9 Å². The van der Waals surface area contributed by atoms with Crippen molar-refractivity contribution in [3.8, 4) is 5.75 Å². The number of amides is 5. The van der Waals surface area contributed by atoms with Gasteiger partial charge in [-0.2, -0.15) is 0 Å². The zero-order valence-electron chi connectivity index (χ0n) is 41.4. The third-order valence-corrected chi connectivity index (χ3v) is 14.8. The molecule has 5 amide bonds. The molecular weight excluding hydrogens is 961 g/mol. The Bertz CT molecular complexity index is 2830. The van der Waals surface area contributed by atoms with Crippen molar-refractivity contribution < 1.29 is 48.0 Å². The summed E-state index contributed by atoms with van der Waals surface area (Å²) in [4.78, 5) is 75.1. The molecule has 4 heterocycles. The van der Waals surface area contributed by atoms with E-state index in [0.717, 1.165) is 32.3 Å². The molecule has 3 saturated heterocycles. The first-order valence-corrected chi connectivity index (χ1v) is 25.9. The van der Waals surface area contributed by atoms with Crippen LogP contribution in [0.3, 0.4) is 0 Å². The van der Waals surface area contributed by atoms with Gasteiger partial charge in [-0.25, -0.2) is 0 Å². The number of ether oxygens (including phenoxy) is 4. The maximum Gasteiger partial charge on any atom is 0.252 e. The zero-order valence-corrected chi connectivity index (χ0v) is 42.2. The molecular formula is C57H62N6O10S. The Morgan fingerprint density at radius 2 is 1.20 bits per heavy atom. The number of hydrogen-bond acceptors (Lipinski definition) is 12. The van der Waals surface area contributed by atoms with Crippen LogP contribution in [0.25, 0.3) is 10.1 Å². The van der Waals surface area contributed by atoms with E-state index in [-0.39, 0.29) is 25.0 Å². The molecule has 386 valence electrons. The summed E-state index contributed by atoms with van der Waals surface area (Å²) in [5.74, 6) is -4.80. The van der Waals surface area contributed by atoms with Crippen LogP contribution in [0.5, 0.6) is 5.75 Å². The lowest BCUT2D eigenvalue weighted by Crippen LogP contribution is -2.64. The summed E-state index contributed by atoms with van der Waals surface area (Å²) >= 11 is 1.49. The largest absolute Gasteiger partial charge is 0.508 e. The summed E-state index contributed by atoms with van der Waals surface area (Å²) in [5.41, 5.74) is 8.19. The quantitative estimate of drug-likeness (QED) is 0.0552. The lowest BCUT2D eigenvalue weighted by atomic mass is 9.79. The number of phenols is 1. The van der Waals surface area contributed by atoms with Crippen LogP contribution in [0.15, 0.2) is 145 Å². The van der Waals surface area contributed by atoms with Gasteiger partial charge in [-0.15, -0.1) is 11.3 Å². The van der Waals surface area contributed by atoms with Crippen LogP contribution in [-0.2, 0) is 61.4 Å². The summed E-state index contributed by atoms with van der Waals surface area (Å²) in [6.45, 7) is 5.38. The summed E-state index contributed by atoms with van der Waals surface area (Å²) in [7, 11) is 0. The molecule has 8 N–H and O–H groups in total. The van der Waals surface area contributed by atoms with Crippen molar-refractivity contribution in [1.29, 1.82) is 0 Å². The highest BCUT2D eigenvalue weighted by molar-refractivity contribution is 7.17. The van der Waals surface area contributed by atoms with E-state index in [0.29, 0.717) is 24.9 Å². The van der Waals surface area contributed by atoms with Crippen LogP contribution < -0.4 is 32.3 Å². The van der Waals surface area contributed by atoms with Crippen molar-refractivity contribution in [2.24, 2.45) is 5.73 Å². The molecule has 3 fully saturated rings. The molecule has 0 spiro atoms. The molecule has 0 saturated carbocycles. The van der Waals surface area contributed by atoms with Crippen LogP contribution in [-0.4, -0.2) is 102 Å². The first-order valence-electron chi connectivity index (χ1n) is 25.0. The van der Waals surface area contributed by atoms with Crippen LogP contribution in [0, 0.1) is 0 Å². The summed E-state index contributed by atoms with van der Waals surface area (Å²) in [6.07, 6.45) is -3.74. The van der Waals surface area contributed by atoms with Gasteiger partial charge in [0.25, 0.3) is 5.91 Å². The van der Waals surface area contributed by atoms with Gasteiger partial charge in [0.1, 0.15) is 41.6 Å². The highest BCUT2D eigenvalue weighted by Gasteiger charge is 2.58. The normalized spacial score (nSPS) is 24.9. The third kappa shape index (κ3) is 11.4. The molecule has 74 heavy (non-hydrogen) atoms. The molecule has 3 aliphatic heterocycles. The number of thiophene rings is 1. The summed E-state index contributed by atoms with van der Waals surface area (Å²) in [6, 6.07) is 36.1. The van der Waals surface area contributed by atoms with Crippen LogP contribution in [0.2, 0.25) is 0 Å². The Balaban J connectivity index is 1.15. The highest BCUT2D eigenvalue weighted by atomic mass is 32.1. The van der Waals surface area contributed by atoms with Gasteiger partial charge < -0.3 is 56.4 Å². The Labute approximate surface area is 433 Å². The number of benzene rings is 5. The molecule has 0 unspecified atom stereocenters. The Hall–Kier alpha value is -6.99. The number of carbonyl (C=O) groups is 5. The van der Waals surface area contributed by atoms with Crippen LogP contribution in [0.4, 0.5) is 0 Å². The van der Waals surface area contributed by atoms with Crippen molar-refractivity contribution >= 4 is 51.0 Å². The number of unbranched alkanes of at least 4 members (excludes halogenated alkanes) is 1. The predicted octanol–water partition coefficient (Wildman–Crippen LogP) is 5.23. The number of fused-ring (bicyclic) bond motifs is 4. The van der Waals surface area contributed by atoms with E-state index in [1.54, 1.807) is 32.9 Å². The maximum absolute atomic E-state index is 15.5. The fraction of sp³-hybridized carbons (Fsp3) is 0.351. The van der Waals surface area contributed by atoms with E-state index in [2.05, 4.69) is 26.6 Å². The number of rotatable bonds is 14. The van der Waals surface area contributed by atoms with Crippen molar-refractivity contribution in [3.05, 3.63) is 173 Å². The van der Waals surface area contributed by atoms with E-state index in [1.807, 2.05) is 121 Å². The van der Waals surface area contributed by atoms with E-state index in [4.69, 9.17) is 24.7 Å². The second-order valence-electron chi connectivity index (χ2n) is 19.4. The Kier molecular flexibility index (Phi) is 15.9. The number of nitrogens with one attached hydrogen (secondary N) is 5. The zero-order chi connectivity index (χ0) is 52.0. The minimum Gasteiger partial charge on any atom is -0.508 e. The summed E-state index contributed by atoms with van der Waals surface area (Å²) < 4.78 is 27.1. The average molecular weight is 1020 g/mol. The van der Waals surface area contributed by atoms with E-state index in [9.17, 15) is 19.5 Å². The predicted molar refractivity (Wildman–Crippen MR) is 278 cm³/mol. The van der Waals surface area contributed by atoms with Gasteiger partial charge in [0, 0.05) is 17.5 Å². The molecule has 6 aromatic rings. The van der Waals surface area contributed by atoms with Gasteiger partial charge in [0.2, 0.25) is 23.6 Å². The van der Waals surface area contributed by atoms with Crippen LogP contribution >= 0.6 is 11.3 Å². The molecule has 9 atom stereocenters. The van der Waals surface area contributed by atoms with Crippen molar-refractivity contribution in [2.45, 2.75) is 119 Å². The molecule has 9 rings (SSSR count). The topological polar surface area (TPSA) is 229 Å². The fourth-order valence-corrected chi connectivity index (χ4v) is 11.1. The van der Waals surface area contributed by atoms with Crippen molar-refractivity contribution in [3.63, 3.8) is 0 Å². The minimum atomic E-state index is -1.49. The molecule has 1 aromatic heterocycles. The van der Waals surface area contributed by atoms with E-state index in [1.165, 1.54) is 23.5 Å². The molecule has 0 radical (unpaired) electrons. The van der Waals surface area contributed by atoms with Gasteiger partial charge in [0.15, 0.2) is 18.2 Å². The maximum atomic E-state index is 15.5. The van der Waals surface area contributed by atoms with Gasteiger partial charge in [-0.05, 0) is 103 Å². The molecule has 17 heteroatoms. The second-order valence-corrected chi connectivity index (χ2v) is 20.4. The lowest BCUT2D eigenvalue weighted by molar-refractivity contribution is -0.208. The molecule has 16 nitrogen and oxygen atoms in total. The monoisotopic (exact) mass is 1020 g/mol. The van der Waals surface area contributed by atoms with Gasteiger partial charge >= 0.3 is 0 Å². The number of aromatic hydroxyl groups is 1. The lowest BCUT2D eigenvalue weighted by Gasteiger charge is -2.40. The Morgan fingerprint density at radius 3 is 1.82 bits per heavy atom. The van der Waals surface area contributed by atoms with Crippen molar-refractivity contribution in [1.82, 2.24) is 26.6 Å². The smallest absolute Gasteiger partial charge is 0.252 e. The minimum absolute atomic E-state index is 0.00122. The third-order valence-electron chi connectivity index (χ3n) is 13.8. The number of nitrogens with two attached hydrogens (primary N) is 1. The number of hydrogen-bond donors (Lipinski definition) is 7. The van der Waals surface area contributed by atoms with Gasteiger partial charge in [0.05, 0.1) is 12.1 Å². The molecule has 3 aliphatic rings. The average Bonchev–Trinajstić information content (AvgIpc) is 4.07. The first-order chi connectivity index (χ1) is 35.7. The van der Waals surface area contributed by atoms with E-state index < -0.39 is 95.7 Å². The SMILES string of the molecule is C[C@@H](OC(c1ccccc1)(c1ccccc1)c1ccccc1)[C@@H]1NC(=O)[C@H](CCCCN)NC(=O)[C@@H](Cc2csc3ccccc23)NC(=O)[C@H](Cc2ccc(O)cc2)NC(=O)[C@H]2O[C@@H]3OC(C)(C)O[C@@H]3[C@@H]2NC1=O. The first kappa shape index (κ1) is 51.9. The fourth-order valence-electron chi connectivity index (χ4n) is 10.1. The molecule has 0 aliphatic carbocycles. The Morgan fingerprint density at radius 1 is 0.649 bits per heavy atom. The highest BCUT2D eigenvalue weighted by Crippen LogP contribution is 2.42. The molecule has 5 aromatic carbocycles.